The van der Waals surface area contributed by atoms with E-state index in [2.05, 4.69) is 17.9 Å². The summed E-state index contributed by atoms with van der Waals surface area (Å²) in [5.41, 5.74) is 6.64. The van der Waals surface area contributed by atoms with Crippen LogP contribution in [0.25, 0.3) is 0 Å². The number of primary amides is 1. The monoisotopic (exact) mass is 290 g/mol. The Labute approximate surface area is 127 Å². The number of ether oxygens (including phenoxy) is 1. The number of carbonyl (C=O) groups is 1. The molecule has 1 aromatic carbocycles. The second-order valence-electron chi connectivity index (χ2n) is 6.23. The molecule has 2 rings (SSSR count). The molecule has 2 unspecified atom stereocenters. The Morgan fingerprint density at radius 2 is 2.10 bits per heavy atom. The topological polar surface area (TPSA) is 55.6 Å². The van der Waals surface area contributed by atoms with Crippen LogP contribution in [-0.2, 0) is 11.3 Å². The molecule has 4 heteroatoms. The van der Waals surface area contributed by atoms with E-state index in [0.717, 1.165) is 31.7 Å². The van der Waals surface area contributed by atoms with Crippen molar-refractivity contribution in [1.82, 2.24) is 4.90 Å². The minimum atomic E-state index is -0.182. The fourth-order valence-corrected chi connectivity index (χ4v) is 2.85. The highest BCUT2D eigenvalue weighted by Gasteiger charge is 2.29. The quantitative estimate of drug-likeness (QED) is 0.906. The van der Waals surface area contributed by atoms with Gasteiger partial charge in [-0.3, -0.25) is 9.69 Å². The lowest BCUT2D eigenvalue weighted by Crippen LogP contribution is -2.45. The Morgan fingerprint density at radius 3 is 2.76 bits per heavy atom. The van der Waals surface area contributed by atoms with Gasteiger partial charge in [0.2, 0.25) is 5.91 Å². The maximum absolute atomic E-state index is 11.4. The molecule has 1 aliphatic heterocycles. The summed E-state index contributed by atoms with van der Waals surface area (Å²) in [6, 6.07) is 8.59. The van der Waals surface area contributed by atoms with Crippen LogP contribution >= 0.6 is 0 Å². The van der Waals surface area contributed by atoms with E-state index in [1.807, 2.05) is 32.0 Å². The number of benzene rings is 1. The van der Waals surface area contributed by atoms with Gasteiger partial charge in [-0.05, 0) is 39.7 Å². The summed E-state index contributed by atoms with van der Waals surface area (Å²) in [5.74, 6) is 0.721. The summed E-state index contributed by atoms with van der Waals surface area (Å²) in [7, 11) is 0. The Bertz CT molecular complexity index is 487. The number of para-hydroxylation sites is 1. The fraction of sp³-hybridized carbons (Fsp3) is 0.588. The van der Waals surface area contributed by atoms with Gasteiger partial charge in [-0.25, -0.2) is 0 Å². The van der Waals surface area contributed by atoms with Crippen molar-refractivity contribution in [2.45, 2.75) is 52.3 Å². The maximum atomic E-state index is 11.4. The highest BCUT2D eigenvalue weighted by molar-refractivity contribution is 5.77. The zero-order valence-corrected chi connectivity index (χ0v) is 13.2. The van der Waals surface area contributed by atoms with Crippen molar-refractivity contribution in [3.05, 3.63) is 29.8 Å². The molecular formula is C17H26N2O2. The molecule has 4 nitrogen and oxygen atoms in total. The maximum Gasteiger partial charge on any atom is 0.221 e. The summed E-state index contributed by atoms with van der Waals surface area (Å²) in [6.45, 7) is 7.82. The first kappa shape index (κ1) is 15.8. The van der Waals surface area contributed by atoms with Crippen LogP contribution < -0.4 is 10.5 Å². The second kappa shape index (κ2) is 6.94. The van der Waals surface area contributed by atoms with E-state index >= 15 is 0 Å². The second-order valence-corrected chi connectivity index (χ2v) is 6.23. The Balaban J connectivity index is 2.11. The molecule has 1 aliphatic rings. The highest BCUT2D eigenvalue weighted by Crippen LogP contribution is 2.27. The summed E-state index contributed by atoms with van der Waals surface area (Å²) in [6.07, 6.45) is 2.07. The minimum Gasteiger partial charge on any atom is -0.491 e. The van der Waals surface area contributed by atoms with Gasteiger partial charge in [-0.2, -0.15) is 0 Å². The van der Waals surface area contributed by atoms with Crippen LogP contribution in [-0.4, -0.2) is 29.5 Å². The van der Waals surface area contributed by atoms with E-state index < -0.39 is 0 Å². The Kier molecular flexibility index (Phi) is 5.23. The number of nitrogens with zero attached hydrogens (tertiary/aromatic N) is 1. The van der Waals surface area contributed by atoms with E-state index in [1.54, 1.807) is 0 Å². The van der Waals surface area contributed by atoms with Gasteiger partial charge in [0.05, 0.1) is 12.0 Å². The molecule has 0 saturated carbocycles. The molecule has 116 valence electrons. The molecule has 1 fully saturated rings. The summed E-state index contributed by atoms with van der Waals surface area (Å²) in [4.78, 5) is 13.8. The molecule has 1 aromatic rings. The molecule has 0 radical (unpaired) electrons. The predicted molar refractivity (Wildman–Crippen MR) is 84.0 cm³/mol. The third-order valence-corrected chi connectivity index (χ3v) is 4.12. The molecule has 0 spiro atoms. The smallest absolute Gasteiger partial charge is 0.221 e. The van der Waals surface area contributed by atoms with Crippen LogP contribution in [0.3, 0.4) is 0 Å². The molecule has 21 heavy (non-hydrogen) atoms. The van der Waals surface area contributed by atoms with Crippen molar-refractivity contribution in [2.75, 3.05) is 6.54 Å². The zero-order valence-electron chi connectivity index (χ0n) is 13.2. The van der Waals surface area contributed by atoms with Crippen LogP contribution in [0.4, 0.5) is 0 Å². The van der Waals surface area contributed by atoms with Gasteiger partial charge < -0.3 is 10.5 Å². The van der Waals surface area contributed by atoms with Crippen LogP contribution in [0.2, 0.25) is 0 Å². The first-order chi connectivity index (χ1) is 9.97. The van der Waals surface area contributed by atoms with Gasteiger partial charge in [-0.15, -0.1) is 0 Å². The molecular weight excluding hydrogens is 264 g/mol. The number of piperidine rings is 1. The third-order valence-electron chi connectivity index (χ3n) is 4.12. The van der Waals surface area contributed by atoms with Crippen molar-refractivity contribution in [1.29, 1.82) is 0 Å². The molecule has 1 amide bonds. The van der Waals surface area contributed by atoms with E-state index in [-0.39, 0.29) is 17.9 Å². The Morgan fingerprint density at radius 1 is 1.38 bits per heavy atom. The van der Waals surface area contributed by atoms with Gasteiger partial charge in [0.15, 0.2) is 0 Å². The van der Waals surface area contributed by atoms with Gasteiger partial charge >= 0.3 is 0 Å². The van der Waals surface area contributed by atoms with E-state index in [1.165, 1.54) is 5.56 Å². The average Bonchev–Trinajstić information content (AvgIpc) is 2.42. The SMILES string of the molecule is CC(C)Oc1ccccc1CN1CC(C(N)=O)CCC1C. The largest absolute Gasteiger partial charge is 0.491 e. The predicted octanol–water partition coefficient (Wildman–Crippen LogP) is 2.56. The number of hydrogen-bond donors (Lipinski definition) is 1. The standard InChI is InChI=1S/C17H26N2O2/c1-12(2)21-16-7-5-4-6-14(16)10-19-11-15(17(18)20)9-8-13(19)3/h4-7,12-13,15H,8-11H2,1-3H3,(H2,18,20). The molecule has 2 N–H and O–H groups in total. The van der Waals surface area contributed by atoms with E-state index in [9.17, 15) is 4.79 Å². The van der Waals surface area contributed by atoms with Crippen molar-refractivity contribution < 1.29 is 9.53 Å². The lowest BCUT2D eigenvalue weighted by Gasteiger charge is -2.37. The molecule has 0 aromatic heterocycles. The molecule has 0 bridgehead atoms. The number of rotatable bonds is 5. The van der Waals surface area contributed by atoms with Crippen LogP contribution in [0.15, 0.2) is 24.3 Å². The number of carbonyl (C=O) groups excluding carboxylic acids is 1. The van der Waals surface area contributed by atoms with Gasteiger partial charge in [0.1, 0.15) is 5.75 Å². The molecule has 2 atom stereocenters. The van der Waals surface area contributed by atoms with Crippen molar-refractivity contribution >= 4 is 5.91 Å². The first-order valence-electron chi connectivity index (χ1n) is 7.75. The van der Waals surface area contributed by atoms with Gasteiger partial charge in [0.25, 0.3) is 0 Å². The van der Waals surface area contributed by atoms with Crippen LogP contribution in [0.1, 0.15) is 39.2 Å². The van der Waals surface area contributed by atoms with Gasteiger partial charge in [0, 0.05) is 24.7 Å². The van der Waals surface area contributed by atoms with E-state index in [4.69, 9.17) is 10.5 Å². The highest BCUT2D eigenvalue weighted by atomic mass is 16.5. The number of hydrogen-bond acceptors (Lipinski definition) is 3. The normalized spacial score (nSPS) is 23.2. The van der Waals surface area contributed by atoms with Crippen molar-refractivity contribution in [3.63, 3.8) is 0 Å². The summed E-state index contributed by atoms with van der Waals surface area (Å²) >= 11 is 0. The minimum absolute atomic E-state index is 0.0284. The van der Waals surface area contributed by atoms with Crippen molar-refractivity contribution in [2.24, 2.45) is 11.7 Å². The summed E-state index contributed by atoms with van der Waals surface area (Å²) in [5, 5.41) is 0. The number of nitrogens with two attached hydrogens (primary N) is 1. The van der Waals surface area contributed by atoms with E-state index in [0.29, 0.717) is 6.04 Å². The third kappa shape index (κ3) is 4.21. The number of amides is 1. The average molecular weight is 290 g/mol. The van der Waals surface area contributed by atoms with Crippen LogP contribution in [0.5, 0.6) is 5.75 Å². The lowest BCUT2D eigenvalue weighted by molar-refractivity contribution is -0.124. The first-order valence-corrected chi connectivity index (χ1v) is 7.75. The lowest BCUT2D eigenvalue weighted by atomic mass is 9.92. The van der Waals surface area contributed by atoms with Gasteiger partial charge in [-0.1, -0.05) is 18.2 Å². The summed E-state index contributed by atoms with van der Waals surface area (Å²) < 4.78 is 5.88. The number of likely N-dealkylation sites (tertiary alicyclic amines) is 1. The molecule has 0 aliphatic carbocycles. The molecule has 1 heterocycles. The Hall–Kier alpha value is -1.55. The van der Waals surface area contributed by atoms with Crippen molar-refractivity contribution in [3.8, 4) is 5.75 Å². The van der Waals surface area contributed by atoms with Crippen LogP contribution in [0, 0.1) is 5.92 Å². The molecule has 1 saturated heterocycles. The zero-order chi connectivity index (χ0) is 15.4. The fourth-order valence-electron chi connectivity index (χ4n) is 2.85.